The minimum absolute atomic E-state index is 0. The molecule has 0 saturated carbocycles. The maximum absolute atomic E-state index is 12.8. The Hall–Kier alpha value is -1.58. The van der Waals surface area contributed by atoms with Crippen molar-refractivity contribution in [2.75, 3.05) is 13.2 Å². The third kappa shape index (κ3) is 5.74. The summed E-state index contributed by atoms with van der Waals surface area (Å²) in [5, 5.41) is 3.39. The first kappa shape index (κ1) is 17.5. The van der Waals surface area contributed by atoms with Crippen molar-refractivity contribution >= 4 is 12.4 Å². The third-order valence-electron chi connectivity index (χ3n) is 3.09. The zero-order valence-corrected chi connectivity index (χ0v) is 13.0. The summed E-state index contributed by atoms with van der Waals surface area (Å²) in [7, 11) is 0. The molecule has 0 amide bonds. The van der Waals surface area contributed by atoms with E-state index in [2.05, 4.69) is 11.4 Å². The van der Waals surface area contributed by atoms with Crippen LogP contribution in [0.2, 0.25) is 0 Å². The van der Waals surface area contributed by atoms with Gasteiger partial charge in [-0.25, -0.2) is 4.39 Å². The Labute approximate surface area is 131 Å². The van der Waals surface area contributed by atoms with Crippen LogP contribution in [0.5, 0.6) is 5.75 Å². The van der Waals surface area contributed by atoms with E-state index in [0.717, 1.165) is 36.4 Å². The normalized spacial score (nSPS) is 10.0. The molecule has 0 fully saturated rings. The highest BCUT2D eigenvalue weighted by Gasteiger charge is 2.01. The van der Waals surface area contributed by atoms with Gasteiger partial charge < -0.3 is 10.1 Å². The van der Waals surface area contributed by atoms with Crippen LogP contribution in [0, 0.1) is 5.82 Å². The van der Waals surface area contributed by atoms with Crippen molar-refractivity contribution < 1.29 is 9.13 Å². The molecule has 2 aromatic carbocycles. The Bertz CT molecular complexity index is 531. The summed E-state index contributed by atoms with van der Waals surface area (Å²) < 4.78 is 18.4. The van der Waals surface area contributed by atoms with Gasteiger partial charge in [-0.2, -0.15) is 0 Å². The molecule has 0 radical (unpaired) electrons. The van der Waals surface area contributed by atoms with Crippen molar-refractivity contribution in [1.82, 2.24) is 5.32 Å². The summed E-state index contributed by atoms with van der Waals surface area (Å²) in [5.41, 5.74) is 2.30. The second-order valence-electron chi connectivity index (χ2n) is 4.59. The zero-order valence-electron chi connectivity index (χ0n) is 12.1. The van der Waals surface area contributed by atoms with E-state index < -0.39 is 0 Å². The molecule has 0 aliphatic heterocycles. The van der Waals surface area contributed by atoms with Crippen LogP contribution in [0.3, 0.4) is 0 Å². The fourth-order valence-corrected chi connectivity index (χ4v) is 2.05. The topological polar surface area (TPSA) is 21.3 Å². The van der Waals surface area contributed by atoms with Crippen LogP contribution in [0.15, 0.2) is 48.5 Å². The summed E-state index contributed by atoms with van der Waals surface area (Å²) in [6.07, 6.45) is 0.886. The molecule has 1 N–H and O–H groups in total. The standard InChI is InChI=1S/C17H20FNO.ClH/c1-2-20-17-6-4-3-5-15(17)13-19-12-11-14-7-9-16(18)10-8-14;/h3-10,19H,2,11-13H2,1H3;1H. The van der Waals surface area contributed by atoms with Gasteiger partial charge in [-0.05, 0) is 43.7 Å². The number of ether oxygens (including phenoxy) is 1. The van der Waals surface area contributed by atoms with Crippen molar-refractivity contribution in [3.05, 3.63) is 65.5 Å². The first-order chi connectivity index (χ1) is 9.79. The monoisotopic (exact) mass is 309 g/mol. The Morgan fingerprint density at radius 2 is 1.76 bits per heavy atom. The summed E-state index contributed by atoms with van der Waals surface area (Å²) in [6.45, 7) is 4.29. The Morgan fingerprint density at radius 1 is 1.05 bits per heavy atom. The van der Waals surface area contributed by atoms with Gasteiger partial charge >= 0.3 is 0 Å². The molecule has 2 rings (SSSR count). The van der Waals surface area contributed by atoms with Crippen LogP contribution < -0.4 is 10.1 Å². The Kier molecular flexibility index (Phi) is 7.80. The molecule has 21 heavy (non-hydrogen) atoms. The second kappa shape index (κ2) is 9.37. The maximum Gasteiger partial charge on any atom is 0.123 e. The molecule has 2 nitrogen and oxygen atoms in total. The van der Waals surface area contributed by atoms with Crippen LogP contribution in [0.25, 0.3) is 0 Å². The predicted molar refractivity (Wildman–Crippen MR) is 86.7 cm³/mol. The lowest BCUT2D eigenvalue weighted by Gasteiger charge is -2.10. The number of halogens is 2. The van der Waals surface area contributed by atoms with Gasteiger partial charge in [0.05, 0.1) is 6.61 Å². The first-order valence-electron chi connectivity index (χ1n) is 6.95. The fraction of sp³-hybridized carbons (Fsp3) is 0.294. The van der Waals surface area contributed by atoms with Crippen molar-refractivity contribution in [2.24, 2.45) is 0 Å². The molecule has 0 saturated heterocycles. The number of para-hydroxylation sites is 1. The zero-order chi connectivity index (χ0) is 14.2. The molecule has 2 aromatic rings. The minimum atomic E-state index is -0.188. The molecule has 0 atom stereocenters. The average Bonchev–Trinajstić information content (AvgIpc) is 2.47. The number of hydrogen-bond donors (Lipinski definition) is 1. The molecule has 0 aliphatic carbocycles. The van der Waals surface area contributed by atoms with E-state index in [1.54, 1.807) is 0 Å². The van der Waals surface area contributed by atoms with Crippen molar-refractivity contribution in [3.63, 3.8) is 0 Å². The molecule has 0 bridgehead atoms. The van der Waals surface area contributed by atoms with E-state index in [-0.39, 0.29) is 18.2 Å². The molecular formula is C17H21ClFNO. The van der Waals surface area contributed by atoms with Gasteiger partial charge in [0.1, 0.15) is 11.6 Å². The lowest BCUT2D eigenvalue weighted by molar-refractivity contribution is 0.335. The second-order valence-corrected chi connectivity index (χ2v) is 4.59. The van der Waals surface area contributed by atoms with E-state index in [9.17, 15) is 4.39 Å². The molecular weight excluding hydrogens is 289 g/mol. The molecule has 114 valence electrons. The van der Waals surface area contributed by atoms with Crippen molar-refractivity contribution in [1.29, 1.82) is 0 Å². The highest BCUT2D eigenvalue weighted by atomic mass is 35.5. The largest absolute Gasteiger partial charge is 0.494 e. The van der Waals surface area contributed by atoms with E-state index in [1.807, 2.05) is 37.3 Å². The number of nitrogens with one attached hydrogen (secondary N) is 1. The Morgan fingerprint density at radius 3 is 2.48 bits per heavy atom. The average molecular weight is 310 g/mol. The molecule has 0 aliphatic rings. The van der Waals surface area contributed by atoms with Gasteiger partial charge in [-0.1, -0.05) is 30.3 Å². The molecule has 0 unspecified atom stereocenters. The first-order valence-corrected chi connectivity index (χ1v) is 6.95. The highest BCUT2D eigenvalue weighted by Crippen LogP contribution is 2.17. The smallest absolute Gasteiger partial charge is 0.123 e. The predicted octanol–water partition coefficient (Wildman–Crippen LogP) is 3.98. The van der Waals surface area contributed by atoms with E-state index in [1.165, 1.54) is 12.1 Å². The highest BCUT2D eigenvalue weighted by molar-refractivity contribution is 5.85. The van der Waals surface area contributed by atoms with E-state index in [0.29, 0.717) is 6.61 Å². The summed E-state index contributed by atoms with van der Waals surface area (Å²) in [5.74, 6) is 0.747. The molecule has 0 aromatic heterocycles. The molecule has 0 spiro atoms. The van der Waals surface area contributed by atoms with Gasteiger partial charge in [0.25, 0.3) is 0 Å². The van der Waals surface area contributed by atoms with Gasteiger partial charge in [0.2, 0.25) is 0 Å². The van der Waals surface area contributed by atoms with Gasteiger partial charge in [-0.3, -0.25) is 0 Å². The lowest BCUT2D eigenvalue weighted by atomic mass is 10.1. The number of benzene rings is 2. The molecule has 0 heterocycles. The quantitative estimate of drug-likeness (QED) is 0.781. The van der Waals surface area contributed by atoms with Gasteiger partial charge in [0, 0.05) is 12.1 Å². The minimum Gasteiger partial charge on any atom is -0.494 e. The van der Waals surface area contributed by atoms with Crippen LogP contribution in [0.4, 0.5) is 4.39 Å². The van der Waals surface area contributed by atoms with Gasteiger partial charge in [-0.15, -0.1) is 12.4 Å². The van der Waals surface area contributed by atoms with E-state index in [4.69, 9.17) is 4.74 Å². The lowest BCUT2D eigenvalue weighted by Crippen LogP contribution is -2.17. The summed E-state index contributed by atoms with van der Waals surface area (Å²) in [4.78, 5) is 0. The van der Waals surface area contributed by atoms with Crippen LogP contribution in [0.1, 0.15) is 18.1 Å². The number of rotatable bonds is 7. The third-order valence-corrected chi connectivity index (χ3v) is 3.09. The Balaban J connectivity index is 0.00000220. The summed E-state index contributed by atoms with van der Waals surface area (Å²) in [6, 6.07) is 14.7. The SMILES string of the molecule is CCOc1ccccc1CNCCc1ccc(F)cc1.Cl. The molecule has 4 heteroatoms. The van der Waals surface area contributed by atoms with Gasteiger partial charge in [0.15, 0.2) is 0 Å². The van der Waals surface area contributed by atoms with Crippen molar-refractivity contribution in [2.45, 2.75) is 19.9 Å². The van der Waals surface area contributed by atoms with E-state index >= 15 is 0 Å². The number of hydrogen-bond acceptors (Lipinski definition) is 2. The summed E-state index contributed by atoms with van der Waals surface area (Å²) >= 11 is 0. The fourth-order valence-electron chi connectivity index (χ4n) is 2.05. The van der Waals surface area contributed by atoms with Crippen LogP contribution >= 0.6 is 12.4 Å². The maximum atomic E-state index is 12.8. The van der Waals surface area contributed by atoms with Crippen molar-refractivity contribution in [3.8, 4) is 5.75 Å². The van der Waals surface area contributed by atoms with Crippen LogP contribution in [-0.2, 0) is 13.0 Å². The van der Waals surface area contributed by atoms with Crippen LogP contribution in [-0.4, -0.2) is 13.2 Å².